The van der Waals surface area contributed by atoms with Crippen molar-refractivity contribution in [1.82, 2.24) is 10.0 Å². The fraction of sp³-hybridized carbons (Fsp3) is 0.438. The summed E-state index contributed by atoms with van der Waals surface area (Å²) < 4.78 is 9.89. The van der Waals surface area contributed by atoms with Crippen LogP contribution in [0, 0.1) is 0 Å². The van der Waals surface area contributed by atoms with Crippen molar-refractivity contribution in [1.29, 1.82) is 0 Å². The molecule has 1 atom stereocenters. The van der Waals surface area contributed by atoms with E-state index in [1.807, 2.05) is 6.07 Å². The van der Waals surface area contributed by atoms with Crippen LogP contribution in [0.2, 0.25) is 0 Å². The number of rotatable bonds is 6. The van der Waals surface area contributed by atoms with Gasteiger partial charge in [0.15, 0.2) is 0 Å². The summed E-state index contributed by atoms with van der Waals surface area (Å²) in [5.41, 5.74) is 0.742. The van der Waals surface area contributed by atoms with E-state index in [0.717, 1.165) is 10.6 Å². The summed E-state index contributed by atoms with van der Waals surface area (Å²) in [4.78, 5) is 35.6. The maximum Gasteiger partial charge on any atom is 0.429 e. The van der Waals surface area contributed by atoms with E-state index >= 15 is 0 Å². The van der Waals surface area contributed by atoms with Crippen LogP contribution in [0.4, 0.5) is 4.79 Å². The number of carboxylic acids is 1. The molecule has 130 valence electrons. The molecule has 2 rings (SSSR count). The minimum Gasteiger partial charge on any atom is -0.478 e. The average Bonchev–Trinajstić information content (AvgIpc) is 3.05. The Morgan fingerprint density at radius 3 is 2.46 bits per heavy atom. The van der Waals surface area contributed by atoms with E-state index in [-0.39, 0.29) is 18.9 Å². The third-order valence-electron chi connectivity index (χ3n) is 3.58. The molecule has 0 bridgehead atoms. The number of benzene rings is 1. The van der Waals surface area contributed by atoms with E-state index in [1.54, 1.807) is 24.3 Å². The van der Waals surface area contributed by atoms with E-state index in [2.05, 4.69) is 0 Å². The van der Waals surface area contributed by atoms with Gasteiger partial charge in [-0.1, -0.05) is 30.3 Å². The SMILES string of the molecule is COCC(=O)N1CCCN1C(=O)OC(Cc1ccccc1)C(=O)O. The Kier molecular flexibility index (Phi) is 6.14. The number of nitrogens with zero attached hydrogens (tertiary/aromatic N) is 2. The van der Waals surface area contributed by atoms with Crippen molar-refractivity contribution in [3.8, 4) is 0 Å². The summed E-state index contributed by atoms with van der Waals surface area (Å²) in [5.74, 6) is -1.61. The van der Waals surface area contributed by atoms with Gasteiger partial charge < -0.3 is 14.6 Å². The molecule has 1 heterocycles. The third-order valence-corrected chi connectivity index (χ3v) is 3.58. The van der Waals surface area contributed by atoms with Gasteiger partial charge in [-0.3, -0.25) is 4.79 Å². The van der Waals surface area contributed by atoms with Gasteiger partial charge in [-0.05, 0) is 12.0 Å². The first-order valence-corrected chi connectivity index (χ1v) is 7.57. The molecule has 1 aromatic rings. The van der Waals surface area contributed by atoms with Crippen molar-refractivity contribution in [2.75, 3.05) is 26.8 Å². The molecule has 1 fully saturated rings. The lowest BCUT2D eigenvalue weighted by Crippen LogP contribution is -2.48. The van der Waals surface area contributed by atoms with E-state index in [0.29, 0.717) is 19.5 Å². The van der Waals surface area contributed by atoms with Crippen LogP contribution in [0.25, 0.3) is 0 Å². The van der Waals surface area contributed by atoms with E-state index in [1.165, 1.54) is 12.1 Å². The van der Waals surface area contributed by atoms with Crippen molar-refractivity contribution < 1.29 is 29.0 Å². The van der Waals surface area contributed by atoms with Crippen molar-refractivity contribution in [3.05, 3.63) is 35.9 Å². The van der Waals surface area contributed by atoms with Crippen molar-refractivity contribution in [2.24, 2.45) is 0 Å². The zero-order chi connectivity index (χ0) is 17.5. The van der Waals surface area contributed by atoms with Crippen LogP contribution in [0.3, 0.4) is 0 Å². The number of carbonyl (C=O) groups excluding carboxylic acids is 2. The fourth-order valence-electron chi connectivity index (χ4n) is 2.45. The van der Waals surface area contributed by atoms with Crippen molar-refractivity contribution in [2.45, 2.75) is 18.9 Å². The third kappa shape index (κ3) is 4.45. The maximum absolute atomic E-state index is 12.3. The largest absolute Gasteiger partial charge is 0.478 e. The van der Waals surface area contributed by atoms with Gasteiger partial charge in [0.2, 0.25) is 6.10 Å². The Morgan fingerprint density at radius 1 is 1.17 bits per heavy atom. The summed E-state index contributed by atoms with van der Waals surface area (Å²) in [7, 11) is 1.39. The summed E-state index contributed by atoms with van der Waals surface area (Å²) in [6.07, 6.45) is -1.51. The van der Waals surface area contributed by atoms with Crippen LogP contribution in [0.5, 0.6) is 0 Å². The molecule has 0 radical (unpaired) electrons. The lowest BCUT2D eigenvalue weighted by Gasteiger charge is -2.28. The van der Waals surface area contributed by atoms with Crippen LogP contribution in [-0.2, 0) is 25.5 Å². The molecule has 1 aliphatic heterocycles. The quantitative estimate of drug-likeness (QED) is 0.830. The number of carbonyl (C=O) groups is 3. The van der Waals surface area contributed by atoms with Gasteiger partial charge in [0, 0.05) is 26.6 Å². The molecule has 1 aliphatic rings. The van der Waals surface area contributed by atoms with Crippen LogP contribution in [0.1, 0.15) is 12.0 Å². The minimum atomic E-state index is -1.32. The van der Waals surface area contributed by atoms with Crippen molar-refractivity contribution in [3.63, 3.8) is 0 Å². The van der Waals surface area contributed by atoms with E-state index < -0.39 is 18.2 Å². The zero-order valence-electron chi connectivity index (χ0n) is 13.4. The predicted molar refractivity (Wildman–Crippen MR) is 83.0 cm³/mol. The molecular formula is C16H20N2O6. The standard InChI is InChI=1S/C16H20N2O6/c1-23-11-14(19)17-8-5-9-18(17)16(22)24-13(15(20)21)10-12-6-3-2-4-7-12/h2-4,6-7,13H,5,8-11H2,1H3,(H,20,21). The Balaban J connectivity index is 2.02. The van der Waals surface area contributed by atoms with Gasteiger partial charge in [-0.2, -0.15) is 0 Å². The number of aliphatic carboxylic acids is 1. The van der Waals surface area contributed by atoms with Crippen LogP contribution in [-0.4, -0.2) is 66.0 Å². The maximum atomic E-state index is 12.3. The second-order valence-corrected chi connectivity index (χ2v) is 5.33. The Hall–Kier alpha value is -2.61. The molecule has 0 spiro atoms. The molecule has 1 N–H and O–H groups in total. The average molecular weight is 336 g/mol. The smallest absolute Gasteiger partial charge is 0.429 e. The monoisotopic (exact) mass is 336 g/mol. The first kappa shape index (κ1) is 17.7. The van der Waals surface area contributed by atoms with Crippen LogP contribution >= 0.6 is 0 Å². The highest BCUT2D eigenvalue weighted by atomic mass is 16.6. The first-order valence-electron chi connectivity index (χ1n) is 7.57. The van der Waals surface area contributed by atoms with Crippen molar-refractivity contribution >= 4 is 18.0 Å². The first-order chi connectivity index (χ1) is 11.5. The highest BCUT2D eigenvalue weighted by Crippen LogP contribution is 2.15. The molecule has 0 aliphatic carbocycles. The predicted octanol–water partition coefficient (Wildman–Crippen LogP) is 0.915. The Morgan fingerprint density at radius 2 is 1.83 bits per heavy atom. The van der Waals surface area contributed by atoms with Gasteiger partial charge in [0.05, 0.1) is 0 Å². The Bertz CT molecular complexity index is 591. The number of hydrogen-bond donors (Lipinski definition) is 1. The number of methoxy groups -OCH3 is 1. The summed E-state index contributed by atoms with van der Waals surface area (Å²) in [5, 5.41) is 11.6. The summed E-state index contributed by atoms with van der Waals surface area (Å²) in [6.45, 7) is 0.510. The second kappa shape index (κ2) is 8.30. The second-order valence-electron chi connectivity index (χ2n) is 5.33. The molecule has 1 saturated heterocycles. The topological polar surface area (TPSA) is 96.4 Å². The molecule has 2 amide bonds. The molecule has 8 heteroatoms. The molecule has 0 saturated carbocycles. The normalized spacial score (nSPS) is 15.2. The van der Waals surface area contributed by atoms with Gasteiger partial charge in [-0.15, -0.1) is 0 Å². The molecular weight excluding hydrogens is 316 g/mol. The van der Waals surface area contributed by atoms with E-state index in [9.17, 15) is 19.5 Å². The number of ether oxygens (including phenoxy) is 2. The molecule has 1 unspecified atom stereocenters. The number of amides is 2. The minimum absolute atomic E-state index is 0.0573. The lowest BCUT2D eigenvalue weighted by molar-refractivity contribution is -0.151. The van der Waals surface area contributed by atoms with E-state index in [4.69, 9.17) is 9.47 Å². The molecule has 24 heavy (non-hydrogen) atoms. The number of hydrazine groups is 1. The van der Waals surface area contributed by atoms with Gasteiger partial charge in [-0.25, -0.2) is 19.6 Å². The Labute approximate surface area is 139 Å². The lowest BCUT2D eigenvalue weighted by atomic mass is 10.1. The summed E-state index contributed by atoms with van der Waals surface area (Å²) >= 11 is 0. The number of hydrogen-bond acceptors (Lipinski definition) is 5. The highest BCUT2D eigenvalue weighted by molar-refractivity contribution is 5.82. The molecule has 0 aromatic heterocycles. The van der Waals surface area contributed by atoms with Gasteiger partial charge >= 0.3 is 12.1 Å². The summed E-state index contributed by atoms with van der Waals surface area (Å²) in [6, 6.07) is 8.89. The van der Waals surface area contributed by atoms with Crippen LogP contribution in [0.15, 0.2) is 30.3 Å². The van der Waals surface area contributed by atoms with Gasteiger partial charge in [0.1, 0.15) is 6.61 Å². The fourth-order valence-corrected chi connectivity index (χ4v) is 2.45. The van der Waals surface area contributed by atoms with Crippen LogP contribution < -0.4 is 0 Å². The molecule has 8 nitrogen and oxygen atoms in total. The van der Waals surface area contributed by atoms with Gasteiger partial charge in [0.25, 0.3) is 5.91 Å². The zero-order valence-corrected chi connectivity index (χ0v) is 13.4. The molecule has 1 aromatic carbocycles. The highest BCUT2D eigenvalue weighted by Gasteiger charge is 2.34. The number of carboxylic acid groups (broad SMARTS) is 1.